The van der Waals surface area contributed by atoms with Crippen molar-refractivity contribution in [3.63, 3.8) is 0 Å². The Bertz CT molecular complexity index is 1140. The van der Waals surface area contributed by atoms with Crippen LogP contribution in [0.5, 0.6) is 0 Å². The fourth-order valence-corrected chi connectivity index (χ4v) is 3.85. The fourth-order valence-electron chi connectivity index (χ4n) is 3.85. The molecule has 8 heteroatoms. The van der Waals surface area contributed by atoms with Crippen molar-refractivity contribution in [1.82, 2.24) is 14.0 Å². The van der Waals surface area contributed by atoms with E-state index in [9.17, 15) is 22.8 Å². The summed E-state index contributed by atoms with van der Waals surface area (Å²) >= 11 is 0. The zero-order valence-electron chi connectivity index (χ0n) is 15.4. The number of hydrogen-bond donors (Lipinski definition) is 0. The van der Waals surface area contributed by atoms with Crippen LogP contribution in [-0.2, 0) is 11.0 Å². The van der Waals surface area contributed by atoms with Crippen molar-refractivity contribution in [2.45, 2.75) is 18.6 Å². The highest BCUT2D eigenvalue weighted by atomic mass is 19.4. The van der Waals surface area contributed by atoms with Gasteiger partial charge in [-0.2, -0.15) is 13.2 Å². The first-order chi connectivity index (χ1) is 13.8. The molecule has 2 heterocycles. The highest BCUT2D eigenvalue weighted by Crippen LogP contribution is 2.31. The van der Waals surface area contributed by atoms with E-state index in [1.165, 1.54) is 22.8 Å². The lowest BCUT2D eigenvalue weighted by atomic mass is 10.2. The quantitative estimate of drug-likeness (QED) is 0.628. The largest absolute Gasteiger partial charge is 0.416 e. The maximum atomic E-state index is 13.3. The third-order valence-electron chi connectivity index (χ3n) is 5.25. The number of imidazole rings is 1. The molecule has 5 nitrogen and oxygen atoms in total. The van der Waals surface area contributed by atoms with E-state index >= 15 is 0 Å². The molecule has 1 fully saturated rings. The van der Waals surface area contributed by atoms with E-state index in [4.69, 9.17) is 0 Å². The molecule has 0 bridgehead atoms. The van der Waals surface area contributed by atoms with Gasteiger partial charge in [-0.05, 0) is 48.9 Å². The molecule has 0 radical (unpaired) electrons. The van der Waals surface area contributed by atoms with E-state index in [-0.39, 0.29) is 17.6 Å². The van der Waals surface area contributed by atoms with Crippen LogP contribution in [0.25, 0.3) is 16.7 Å². The maximum absolute atomic E-state index is 13.3. The maximum Gasteiger partial charge on any atom is 0.416 e. The first-order valence-electron chi connectivity index (χ1n) is 9.12. The summed E-state index contributed by atoms with van der Waals surface area (Å²) in [6.07, 6.45) is -2.58. The number of nitrogens with zero attached hydrogens (tertiary/aromatic N) is 3. The zero-order chi connectivity index (χ0) is 20.8. The Labute approximate surface area is 164 Å². The number of rotatable bonds is 3. The van der Waals surface area contributed by atoms with Crippen molar-refractivity contribution in [2.24, 2.45) is 0 Å². The number of fused-ring (bicyclic) bond motifs is 1. The zero-order valence-corrected chi connectivity index (χ0v) is 15.4. The van der Waals surface area contributed by atoms with E-state index < -0.39 is 11.7 Å². The van der Waals surface area contributed by atoms with Crippen LogP contribution >= 0.6 is 0 Å². The number of aromatic nitrogens is 2. The predicted octanol–water partition coefficient (Wildman–Crippen LogP) is 3.77. The minimum absolute atomic E-state index is 0.188. The molecule has 1 amide bonds. The molecule has 29 heavy (non-hydrogen) atoms. The Kier molecular flexibility index (Phi) is 4.56. The lowest BCUT2D eigenvalue weighted by Crippen LogP contribution is -2.31. The van der Waals surface area contributed by atoms with Crippen LogP contribution in [0.2, 0.25) is 0 Å². The third kappa shape index (κ3) is 3.24. The van der Waals surface area contributed by atoms with E-state index in [0.717, 1.165) is 12.1 Å². The van der Waals surface area contributed by atoms with Gasteiger partial charge in [-0.25, -0.2) is 4.79 Å². The first kappa shape index (κ1) is 19.0. The molecule has 2 aromatic carbocycles. The molecule has 1 atom stereocenters. The van der Waals surface area contributed by atoms with Crippen molar-refractivity contribution >= 4 is 16.9 Å². The number of halogens is 3. The molecule has 150 valence electrons. The molecule has 1 unspecified atom stereocenters. The second-order valence-corrected chi connectivity index (χ2v) is 6.95. The average molecular weight is 401 g/mol. The summed E-state index contributed by atoms with van der Waals surface area (Å²) in [5.41, 5.74) is 0.521. The summed E-state index contributed by atoms with van der Waals surface area (Å²) < 4.78 is 41.7. The molecule has 4 rings (SSSR count). The second-order valence-electron chi connectivity index (χ2n) is 6.95. The monoisotopic (exact) mass is 401 g/mol. The minimum Gasteiger partial charge on any atom is -0.337 e. The molecule has 0 N–H and O–H groups in total. The summed E-state index contributed by atoms with van der Waals surface area (Å²) in [4.78, 5) is 26.8. The van der Waals surface area contributed by atoms with Crippen LogP contribution in [0.1, 0.15) is 18.0 Å². The van der Waals surface area contributed by atoms with Crippen LogP contribution in [0, 0.1) is 0 Å². The van der Waals surface area contributed by atoms with Crippen molar-refractivity contribution in [3.8, 4) is 5.69 Å². The second kappa shape index (κ2) is 6.95. The van der Waals surface area contributed by atoms with Crippen LogP contribution < -0.4 is 5.69 Å². The van der Waals surface area contributed by atoms with Gasteiger partial charge in [0.05, 0.1) is 28.3 Å². The molecule has 0 spiro atoms. The number of alkyl halides is 3. The van der Waals surface area contributed by atoms with Gasteiger partial charge in [0.25, 0.3) is 0 Å². The average Bonchev–Trinajstić information content (AvgIpc) is 3.28. The predicted molar refractivity (Wildman–Crippen MR) is 103 cm³/mol. The molecular formula is C21H18F3N3O2. The van der Waals surface area contributed by atoms with E-state index in [2.05, 4.69) is 6.58 Å². The number of likely N-dealkylation sites (tertiary alicyclic amines) is 1. The van der Waals surface area contributed by atoms with Gasteiger partial charge in [-0.3, -0.25) is 13.9 Å². The van der Waals surface area contributed by atoms with E-state index in [1.807, 2.05) is 0 Å². The van der Waals surface area contributed by atoms with Gasteiger partial charge in [0, 0.05) is 13.1 Å². The fraction of sp³-hybridized carbons (Fsp3) is 0.238. The summed E-state index contributed by atoms with van der Waals surface area (Å²) in [5, 5.41) is 0. The van der Waals surface area contributed by atoms with Crippen molar-refractivity contribution < 1.29 is 18.0 Å². The molecule has 3 aromatic rings. The van der Waals surface area contributed by atoms with Crippen LogP contribution in [-0.4, -0.2) is 33.0 Å². The molecule has 1 aliphatic rings. The first-order valence-corrected chi connectivity index (χ1v) is 9.12. The van der Waals surface area contributed by atoms with Crippen LogP contribution in [0.4, 0.5) is 13.2 Å². The summed E-state index contributed by atoms with van der Waals surface area (Å²) in [6.45, 7) is 4.39. The third-order valence-corrected chi connectivity index (χ3v) is 5.25. The Balaban J connectivity index is 1.81. The van der Waals surface area contributed by atoms with E-state index in [0.29, 0.717) is 36.2 Å². The Morgan fingerprint density at radius 3 is 2.34 bits per heavy atom. The molecule has 0 saturated carbocycles. The van der Waals surface area contributed by atoms with Gasteiger partial charge in [0.15, 0.2) is 0 Å². The molecule has 1 saturated heterocycles. The van der Waals surface area contributed by atoms with Gasteiger partial charge in [0.1, 0.15) is 0 Å². The van der Waals surface area contributed by atoms with Crippen molar-refractivity contribution in [3.05, 3.63) is 77.2 Å². The van der Waals surface area contributed by atoms with Gasteiger partial charge < -0.3 is 4.90 Å². The van der Waals surface area contributed by atoms with Gasteiger partial charge in [0.2, 0.25) is 5.91 Å². The standard InChI is InChI=1S/C21H18F3N3O2/c1-2-19(28)25-12-11-16(13-25)27-18-6-4-3-5-17(18)26(20(27)29)15-9-7-14(8-10-15)21(22,23)24/h2-10,16H,1,11-13H2. The van der Waals surface area contributed by atoms with Gasteiger partial charge >= 0.3 is 11.9 Å². The topological polar surface area (TPSA) is 47.2 Å². The summed E-state index contributed by atoms with van der Waals surface area (Å²) in [5.74, 6) is -0.188. The Hall–Kier alpha value is -3.29. The lowest BCUT2D eigenvalue weighted by Gasteiger charge is -2.15. The number of carbonyl (C=O) groups excluding carboxylic acids is 1. The molecular weight excluding hydrogens is 383 g/mol. The van der Waals surface area contributed by atoms with Crippen molar-refractivity contribution in [1.29, 1.82) is 0 Å². The van der Waals surface area contributed by atoms with Crippen LogP contribution in [0.15, 0.2) is 66.0 Å². The number of amides is 1. The Morgan fingerprint density at radius 2 is 1.72 bits per heavy atom. The SMILES string of the molecule is C=CC(=O)N1CCC(n2c(=O)n(-c3ccc(C(F)(F)F)cc3)c3ccccc32)C1. The van der Waals surface area contributed by atoms with Gasteiger partial charge in [-0.15, -0.1) is 0 Å². The lowest BCUT2D eigenvalue weighted by molar-refractivity contribution is -0.137. The highest BCUT2D eigenvalue weighted by Gasteiger charge is 2.31. The molecule has 1 aliphatic heterocycles. The Morgan fingerprint density at radius 1 is 1.07 bits per heavy atom. The van der Waals surface area contributed by atoms with Gasteiger partial charge in [-0.1, -0.05) is 18.7 Å². The normalized spacial score (nSPS) is 17.1. The number of hydrogen-bond acceptors (Lipinski definition) is 2. The highest BCUT2D eigenvalue weighted by molar-refractivity contribution is 5.87. The minimum atomic E-state index is -4.44. The molecule has 0 aliphatic carbocycles. The van der Waals surface area contributed by atoms with Crippen LogP contribution in [0.3, 0.4) is 0 Å². The summed E-state index contributed by atoms with van der Waals surface area (Å²) in [6, 6.07) is 11.4. The molecule has 1 aromatic heterocycles. The number of carbonyl (C=O) groups is 1. The van der Waals surface area contributed by atoms with E-state index in [1.54, 1.807) is 33.7 Å². The number of para-hydroxylation sites is 2. The van der Waals surface area contributed by atoms with Crippen molar-refractivity contribution in [2.75, 3.05) is 13.1 Å². The number of benzene rings is 2. The summed E-state index contributed by atoms with van der Waals surface area (Å²) in [7, 11) is 0. The smallest absolute Gasteiger partial charge is 0.337 e.